The number of carbonyl (C=O) groups is 1. The number of hydrogen-bond donors (Lipinski definition) is 2. The Labute approximate surface area is 89.1 Å². The molecule has 5 heteroatoms. The second-order valence-corrected chi connectivity index (χ2v) is 3.65. The van der Waals surface area contributed by atoms with Crippen LogP contribution in [0.1, 0.15) is 25.5 Å². The first-order valence-electron chi connectivity index (χ1n) is 5.01. The molecule has 1 rings (SSSR count). The van der Waals surface area contributed by atoms with Crippen molar-refractivity contribution >= 4 is 5.91 Å². The molecule has 0 bridgehead atoms. The Morgan fingerprint density at radius 3 is 3.00 bits per heavy atom. The number of aromatic nitrogens is 2. The lowest BCUT2D eigenvalue weighted by molar-refractivity contribution is -0.121. The number of carbonyl (C=O) groups excluding carboxylic acids is 1. The Bertz CT molecular complexity index is 320. The molecule has 0 aliphatic rings. The fourth-order valence-electron chi connectivity index (χ4n) is 1.17. The maximum Gasteiger partial charge on any atom is 0.220 e. The maximum atomic E-state index is 11.3. The summed E-state index contributed by atoms with van der Waals surface area (Å²) in [4.78, 5) is 11.3. The van der Waals surface area contributed by atoms with Gasteiger partial charge in [-0.05, 0) is 19.4 Å². The van der Waals surface area contributed by atoms with Gasteiger partial charge in [-0.1, -0.05) is 0 Å². The molecule has 84 valence electrons. The summed E-state index contributed by atoms with van der Waals surface area (Å²) in [6, 6.07) is 1.86. The minimum absolute atomic E-state index is 0.0541. The molecule has 0 aliphatic heterocycles. The molecule has 1 heterocycles. The van der Waals surface area contributed by atoms with Crippen molar-refractivity contribution in [2.45, 2.75) is 32.4 Å². The van der Waals surface area contributed by atoms with E-state index in [4.69, 9.17) is 5.11 Å². The quantitative estimate of drug-likeness (QED) is 0.731. The van der Waals surface area contributed by atoms with Crippen molar-refractivity contribution in [3.8, 4) is 0 Å². The van der Waals surface area contributed by atoms with Crippen LogP contribution in [0.5, 0.6) is 0 Å². The zero-order chi connectivity index (χ0) is 11.3. The monoisotopic (exact) mass is 211 g/mol. The zero-order valence-electron chi connectivity index (χ0n) is 9.10. The molecular weight excluding hydrogens is 194 g/mol. The van der Waals surface area contributed by atoms with Gasteiger partial charge in [0, 0.05) is 19.7 Å². The Hall–Kier alpha value is -1.36. The predicted molar refractivity (Wildman–Crippen MR) is 56.0 cm³/mol. The van der Waals surface area contributed by atoms with Crippen LogP contribution in [0.3, 0.4) is 0 Å². The van der Waals surface area contributed by atoms with Gasteiger partial charge in [0.2, 0.25) is 5.91 Å². The van der Waals surface area contributed by atoms with Gasteiger partial charge in [-0.25, -0.2) is 0 Å². The second-order valence-electron chi connectivity index (χ2n) is 3.65. The lowest BCUT2D eigenvalue weighted by Gasteiger charge is -2.04. The molecule has 1 amide bonds. The first kappa shape index (κ1) is 11.7. The van der Waals surface area contributed by atoms with Gasteiger partial charge in [-0.2, -0.15) is 5.10 Å². The van der Waals surface area contributed by atoms with Crippen molar-refractivity contribution in [2.24, 2.45) is 7.05 Å². The van der Waals surface area contributed by atoms with Crippen molar-refractivity contribution in [3.63, 3.8) is 0 Å². The highest BCUT2D eigenvalue weighted by atomic mass is 16.3. The Kier molecular flexibility index (Phi) is 4.30. The van der Waals surface area contributed by atoms with Crippen LogP contribution in [0.25, 0.3) is 0 Å². The summed E-state index contributed by atoms with van der Waals surface area (Å²) >= 11 is 0. The lowest BCUT2D eigenvalue weighted by atomic mass is 10.2. The number of nitrogens with one attached hydrogen (secondary N) is 1. The predicted octanol–water partition coefficient (Wildman–Crippen LogP) is 0.197. The molecule has 2 N–H and O–H groups in total. The number of amides is 1. The molecule has 1 aromatic heterocycles. The molecule has 1 atom stereocenters. The molecule has 1 unspecified atom stereocenters. The van der Waals surface area contributed by atoms with E-state index in [1.807, 2.05) is 19.3 Å². The van der Waals surface area contributed by atoms with E-state index < -0.39 is 6.10 Å². The fourth-order valence-corrected chi connectivity index (χ4v) is 1.17. The molecule has 1 aromatic rings. The molecular formula is C10H17N3O2. The standard InChI is InChI=1S/C10H17N3O2/c1-8(14)3-4-10(15)11-7-9-5-6-13(2)12-9/h5-6,8,14H,3-4,7H2,1-2H3,(H,11,15). The van der Waals surface area contributed by atoms with Crippen LogP contribution in [0.2, 0.25) is 0 Å². The van der Waals surface area contributed by atoms with E-state index in [9.17, 15) is 4.79 Å². The van der Waals surface area contributed by atoms with Gasteiger partial charge in [-0.15, -0.1) is 0 Å². The second kappa shape index (κ2) is 5.50. The van der Waals surface area contributed by atoms with Crippen molar-refractivity contribution in [2.75, 3.05) is 0 Å². The van der Waals surface area contributed by atoms with Crippen LogP contribution < -0.4 is 5.32 Å². The van der Waals surface area contributed by atoms with Gasteiger partial charge in [0.1, 0.15) is 0 Å². The highest BCUT2D eigenvalue weighted by Gasteiger charge is 2.04. The fraction of sp³-hybridized carbons (Fsp3) is 0.600. The maximum absolute atomic E-state index is 11.3. The van der Waals surface area contributed by atoms with E-state index in [-0.39, 0.29) is 5.91 Å². The van der Waals surface area contributed by atoms with Crippen LogP contribution in [-0.2, 0) is 18.4 Å². The topological polar surface area (TPSA) is 67.2 Å². The van der Waals surface area contributed by atoms with E-state index in [1.54, 1.807) is 11.6 Å². The van der Waals surface area contributed by atoms with Crippen molar-refractivity contribution in [1.82, 2.24) is 15.1 Å². The molecule has 0 aromatic carbocycles. The third kappa shape index (κ3) is 4.60. The van der Waals surface area contributed by atoms with E-state index in [0.717, 1.165) is 5.69 Å². The summed E-state index contributed by atoms with van der Waals surface area (Å²) in [5, 5.41) is 15.9. The summed E-state index contributed by atoms with van der Waals surface area (Å²) < 4.78 is 1.69. The normalized spacial score (nSPS) is 12.5. The molecule has 5 nitrogen and oxygen atoms in total. The number of nitrogens with zero attached hydrogens (tertiary/aromatic N) is 2. The highest BCUT2D eigenvalue weighted by Crippen LogP contribution is 1.97. The molecule has 0 saturated carbocycles. The van der Waals surface area contributed by atoms with E-state index in [2.05, 4.69) is 10.4 Å². The highest BCUT2D eigenvalue weighted by molar-refractivity contribution is 5.75. The number of aryl methyl sites for hydroxylation is 1. The summed E-state index contributed by atoms with van der Waals surface area (Å²) in [6.07, 6.45) is 2.25. The van der Waals surface area contributed by atoms with Crippen molar-refractivity contribution < 1.29 is 9.90 Å². The largest absolute Gasteiger partial charge is 0.393 e. The lowest BCUT2D eigenvalue weighted by Crippen LogP contribution is -2.23. The van der Waals surface area contributed by atoms with E-state index in [1.165, 1.54) is 0 Å². The average molecular weight is 211 g/mol. The van der Waals surface area contributed by atoms with Gasteiger partial charge in [0.25, 0.3) is 0 Å². The van der Waals surface area contributed by atoms with Gasteiger partial charge in [0.05, 0.1) is 18.3 Å². The molecule has 0 aliphatic carbocycles. The first-order valence-corrected chi connectivity index (χ1v) is 5.01. The zero-order valence-corrected chi connectivity index (χ0v) is 9.10. The molecule has 0 spiro atoms. The van der Waals surface area contributed by atoms with Crippen LogP contribution in [-0.4, -0.2) is 26.9 Å². The molecule has 0 radical (unpaired) electrons. The Morgan fingerprint density at radius 2 is 2.47 bits per heavy atom. The summed E-state index contributed by atoms with van der Waals surface area (Å²) in [5.74, 6) is -0.0541. The number of aliphatic hydroxyl groups is 1. The Balaban J connectivity index is 2.22. The molecule has 0 fully saturated rings. The minimum Gasteiger partial charge on any atom is -0.393 e. The average Bonchev–Trinajstić information content (AvgIpc) is 2.58. The summed E-state index contributed by atoms with van der Waals surface area (Å²) in [7, 11) is 1.83. The smallest absolute Gasteiger partial charge is 0.220 e. The number of aliphatic hydroxyl groups excluding tert-OH is 1. The van der Waals surface area contributed by atoms with E-state index >= 15 is 0 Å². The first-order chi connectivity index (χ1) is 7.08. The molecule has 15 heavy (non-hydrogen) atoms. The van der Waals surface area contributed by atoms with Crippen LogP contribution in [0.15, 0.2) is 12.3 Å². The number of rotatable bonds is 5. The number of hydrogen-bond acceptors (Lipinski definition) is 3. The summed E-state index contributed by atoms with van der Waals surface area (Å²) in [6.45, 7) is 2.12. The minimum atomic E-state index is -0.425. The van der Waals surface area contributed by atoms with Crippen molar-refractivity contribution in [1.29, 1.82) is 0 Å². The third-order valence-corrected chi connectivity index (χ3v) is 2.02. The van der Waals surface area contributed by atoms with Crippen LogP contribution >= 0.6 is 0 Å². The third-order valence-electron chi connectivity index (χ3n) is 2.02. The van der Waals surface area contributed by atoms with Gasteiger partial charge in [-0.3, -0.25) is 9.48 Å². The van der Waals surface area contributed by atoms with Gasteiger partial charge in [0.15, 0.2) is 0 Å². The van der Waals surface area contributed by atoms with Crippen molar-refractivity contribution in [3.05, 3.63) is 18.0 Å². The van der Waals surface area contributed by atoms with Gasteiger partial charge >= 0.3 is 0 Å². The van der Waals surface area contributed by atoms with Crippen LogP contribution in [0, 0.1) is 0 Å². The van der Waals surface area contributed by atoms with E-state index in [0.29, 0.717) is 19.4 Å². The Morgan fingerprint density at radius 1 is 1.73 bits per heavy atom. The van der Waals surface area contributed by atoms with Crippen LogP contribution in [0.4, 0.5) is 0 Å². The van der Waals surface area contributed by atoms with Gasteiger partial charge < -0.3 is 10.4 Å². The SMILES string of the molecule is CC(O)CCC(=O)NCc1ccn(C)n1. The summed E-state index contributed by atoms with van der Waals surface area (Å²) in [5.41, 5.74) is 0.836. The molecule has 0 saturated heterocycles.